The van der Waals surface area contributed by atoms with Crippen LogP contribution < -0.4 is 0 Å². The number of aliphatic hydroxyl groups excluding tert-OH is 2. The first-order chi connectivity index (χ1) is 12.5. The van der Waals surface area contributed by atoms with Crippen molar-refractivity contribution in [3.05, 3.63) is 11.1 Å². The lowest BCUT2D eigenvalue weighted by Crippen LogP contribution is -2.68. The van der Waals surface area contributed by atoms with E-state index in [1.54, 1.807) is 0 Å². The summed E-state index contributed by atoms with van der Waals surface area (Å²) in [7, 11) is 0. The highest BCUT2D eigenvalue weighted by Gasteiger charge is 3.00. The van der Waals surface area contributed by atoms with Crippen LogP contribution in [0.1, 0.15) is 32.6 Å². The average molecular weight is 362 g/mol. The van der Waals surface area contributed by atoms with Crippen molar-refractivity contribution in [2.45, 2.75) is 73.8 Å². The Kier molecular flexibility index (Phi) is 2.26. The lowest BCUT2D eigenvalue weighted by atomic mass is 9.47. The van der Waals surface area contributed by atoms with Gasteiger partial charge in [-0.25, -0.2) is 4.79 Å². The van der Waals surface area contributed by atoms with E-state index in [0.717, 1.165) is 24.0 Å². The van der Waals surface area contributed by atoms with Crippen LogP contribution in [-0.4, -0.2) is 70.6 Å². The van der Waals surface area contributed by atoms with E-state index in [-0.39, 0.29) is 42.2 Å². The molecule has 0 aromatic carbocycles. The Balaban J connectivity index is 1.37. The number of epoxide rings is 3. The molecule has 7 heteroatoms. The van der Waals surface area contributed by atoms with Gasteiger partial charge in [-0.3, -0.25) is 0 Å². The zero-order valence-electron chi connectivity index (χ0n) is 14.6. The number of esters is 1. The molecule has 0 bridgehead atoms. The summed E-state index contributed by atoms with van der Waals surface area (Å²) in [6, 6.07) is 0. The van der Waals surface area contributed by atoms with Crippen molar-refractivity contribution in [2.75, 3.05) is 13.2 Å². The fourth-order valence-electron chi connectivity index (χ4n) is 7.50. The fraction of sp³-hybridized carbons (Fsp3) is 0.842. The second-order valence-electron chi connectivity index (χ2n) is 9.33. The van der Waals surface area contributed by atoms with Gasteiger partial charge in [0.15, 0.2) is 5.60 Å². The van der Waals surface area contributed by atoms with Crippen LogP contribution in [0.5, 0.6) is 0 Å². The fourth-order valence-corrected chi connectivity index (χ4v) is 7.50. The summed E-state index contributed by atoms with van der Waals surface area (Å²) >= 11 is 0. The van der Waals surface area contributed by atoms with Gasteiger partial charge in [-0.05, 0) is 30.8 Å². The molecule has 4 heterocycles. The number of fused-ring (bicyclic) bond motifs is 4. The predicted octanol–water partition coefficient (Wildman–Crippen LogP) is -0.171. The van der Waals surface area contributed by atoms with Crippen LogP contribution in [0.3, 0.4) is 0 Å². The van der Waals surface area contributed by atoms with Crippen molar-refractivity contribution in [3.8, 4) is 0 Å². The standard InChI is InChI=1S/C19H22O7/c1-16-3-2-8-9(7-23-14(8)21)10(16)6-11-18(24-11)15(22)17(4-5-20)12(25-17)13-19(16,18)26-13/h10-13,15,20,22H,2-7H2,1H3/t10-,11-,12-,13-,15-,16-,17-,18+,19+/m0/s1. The van der Waals surface area contributed by atoms with Gasteiger partial charge < -0.3 is 29.2 Å². The van der Waals surface area contributed by atoms with Gasteiger partial charge >= 0.3 is 5.97 Å². The molecule has 7 rings (SSSR count). The van der Waals surface area contributed by atoms with Crippen molar-refractivity contribution in [1.82, 2.24) is 0 Å². The maximum Gasteiger partial charge on any atom is 0.334 e. The van der Waals surface area contributed by atoms with E-state index in [1.165, 1.54) is 0 Å². The highest BCUT2D eigenvalue weighted by Crippen LogP contribution is 2.82. The molecular formula is C19H22O7. The van der Waals surface area contributed by atoms with Crippen molar-refractivity contribution >= 4 is 5.97 Å². The summed E-state index contributed by atoms with van der Waals surface area (Å²) in [6.07, 6.45) is 1.55. The van der Waals surface area contributed by atoms with E-state index in [9.17, 15) is 15.0 Å². The zero-order chi connectivity index (χ0) is 17.7. The first-order valence-electron chi connectivity index (χ1n) is 9.68. The van der Waals surface area contributed by atoms with Gasteiger partial charge in [-0.2, -0.15) is 0 Å². The molecule has 0 aromatic rings. The van der Waals surface area contributed by atoms with Crippen molar-refractivity contribution < 1.29 is 34.0 Å². The lowest BCUT2D eigenvalue weighted by Gasteiger charge is -2.53. The summed E-state index contributed by atoms with van der Waals surface area (Å²) in [5.74, 6) is 0.0113. The Hall–Kier alpha value is -0.990. The topological polar surface area (TPSA) is 104 Å². The first kappa shape index (κ1) is 15.0. The molecule has 0 radical (unpaired) electrons. The van der Waals surface area contributed by atoms with Crippen LogP contribution in [-0.2, 0) is 23.7 Å². The van der Waals surface area contributed by atoms with Gasteiger partial charge in [-0.15, -0.1) is 0 Å². The molecular weight excluding hydrogens is 340 g/mol. The Bertz CT molecular complexity index is 808. The number of carbonyl (C=O) groups excluding carboxylic acids is 1. The van der Waals surface area contributed by atoms with Crippen LogP contribution in [0.25, 0.3) is 0 Å². The average Bonchev–Trinajstić information content (AvgIpc) is 3.50. The molecule has 26 heavy (non-hydrogen) atoms. The summed E-state index contributed by atoms with van der Waals surface area (Å²) in [4.78, 5) is 12.0. The van der Waals surface area contributed by atoms with Gasteiger partial charge in [0.05, 0.1) is 6.10 Å². The summed E-state index contributed by atoms with van der Waals surface area (Å²) in [6.45, 7) is 2.59. The van der Waals surface area contributed by atoms with Crippen molar-refractivity contribution in [3.63, 3.8) is 0 Å². The normalized spacial score (nSPS) is 62.9. The molecule has 2 spiro atoms. The molecule has 140 valence electrons. The highest BCUT2D eigenvalue weighted by atomic mass is 16.7. The lowest BCUT2D eigenvalue weighted by molar-refractivity contribution is -0.136. The van der Waals surface area contributed by atoms with Crippen molar-refractivity contribution in [1.29, 1.82) is 0 Å². The van der Waals surface area contributed by atoms with Gasteiger partial charge in [0.2, 0.25) is 0 Å². The molecule has 3 aliphatic carbocycles. The molecule has 5 fully saturated rings. The molecule has 2 saturated carbocycles. The second-order valence-corrected chi connectivity index (χ2v) is 9.33. The molecule has 3 saturated heterocycles. The summed E-state index contributed by atoms with van der Waals surface area (Å²) in [5, 5.41) is 20.8. The molecule has 0 unspecified atom stereocenters. The highest BCUT2D eigenvalue weighted by molar-refractivity contribution is 5.92. The zero-order valence-corrected chi connectivity index (χ0v) is 14.6. The van der Waals surface area contributed by atoms with Crippen molar-refractivity contribution in [2.24, 2.45) is 11.3 Å². The Morgan fingerprint density at radius 2 is 2.08 bits per heavy atom. The molecule has 4 aliphatic heterocycles. The Morgan fingerprint density at radius 3 is 2.88 bits per heavy atom. The smallest absolute Gasteiger partial charge is 0.334 e. The molecule has 7 aliphatic rings. The molecule has 0 amide bonds. The molecule has 0 aromatic heterocycles. The quantitative estimate of drug-likeness (QED) is 0.519. The van der Waals surface area contributed by atoms with E-state index < -0.39 is 22.9 Å². The maximum absolute atomic E-state index is 12.0. The minimum absolute atomic E-state index is 0.0242. The third-order valence-corrected chi connectivity index (χ3v) is 8.79. The number of rotatable bonds is 2. The largest absolute Gasteiger partial charge is 0.458 e. The summed E-state index contributed by atoms with van der Waals surface area (Å²) in [5.41, 5.74) is -0.250. The van der Waals surface area contributed by atoms with Gasteiger partial charge in [0.1, 0.15) is 36.1 Å². The minimum Gasteiger partial charge on any atom is -0.458 e. The predicted molar refractivity (Wildman–Crippen MR) is 84.0 cm³/mol. The monoisotopic (exact) mass is 362 g/mol. The first-order valence-corrected chi connectivity index (χ1v) is 9.68. The van der Waals surface area contributed by atoms with E-state index in [1.807, 2.05) is 0 Å². The molecule has 7 nitrogen and oxygen atoms in total. The third kappa shape index (κ3) is 1.18. The van der Waals surface area contributed by atoms with Crippen LogP contribution in [0.15, 0.2) is 11.1 Å². The molecule has 2 N–H and O–H groups in total. The van der Waals surface area contributed by atoms with Crippen LogP contribution in [0, 0.1) is 11.3 Å². The Labute approximate surface area is 150 Å². The number of cyclic esters (lactones) is 1. The van der Waals surface area contributed by atoms with Crippen LogP contribution in [0.2, 0.25) is 0 Å². The Morgan fingerprint density at radius 1 is 1.23 bits per heavy atom. The van der Waals surface area contributed by atoms with Crippen LogP contribution in [0.4, 0.5) is 0 Å². The molecule has 9 atom stereocenters. The van der Waals surface area contributed by atoms with E-state index in [2.05, 4.69) is 6.92 Å². The number of hydrogen-bond acceptors (Lipinski definition) is 7. The van der Waals surface area contributed by atoms with Gasteiger partial charge in [0.25, 0.3) is 0 Å². The maximum atomic E-state index is 12.0. The van der Waals surface area contributed by atoms with Crippen LogP contribution >= 0.6 is 0 Å². The SMILES string of the molecule is C[C@]12CCC3=C(COC3=O)[C@@H]1C[C@@H]1O[C@@]13[C@@H](O)[C@@]1(CCO)O[C@H]1[C@@H]1O[C@@]132. The number of aliphatic hydroxyl groups is 2. The second kappa shape index (κ2) is 3.91. The van der Waals surface area contributed by atoms with E-state index in [4.69, 9.17) is 18.9 Å². The van der Waals surface area contributed by atoms with E-state index >= 15 is 0 Å². The van der Waals surface area contributed by atoms with Gasteiger partial charge in [0, 0.05) is 24.0 Å². The van der Waals surface area contributed by atoms with E-state index in [0.29, 0.717) is 19.4 Å². The minimum atomic E-state index is -0.787. The number of carbonyl (C=O) groups is 1. The summed E-state index contributed by atoms with van der Waals surface area (Å²) < 4.78 is 24.0. The number of hydrogen-bond donors (Lipinski definition) is 2. The van der Waals surface area contributed by atoms with Gasteiger partial charge in [-0.1, -0.05) is 6.92 Å². The third-order valence-electron chi connectivity index (χ3n) is 8.79. The number of ether oxygens (including phenoxy) is 4.